The van der Waals surface area contributed by atoms with E-state index < -0.39 is 48.9 Å². The predicted molar refractivity (Wildman–Crippen MR) is 96.5 cm³/mol. The smallest absolute Gasteiger partial charge is 0.322 e. The number of carboxylic acids is 1. The number of hydrogen-bond acceptors (Lipinski definition) is 6. The third-order valence-electron chi connectivity index (χ3n) is 3.20. The van der Waals surface area contributed by atoms with Gasteiger partial charge in [0.05, 0.1) is 6.54 Å². The minimum Gasteiger partial charge on any atom is -0.480 e. The van der Waals surface area contributed by atoms with Crippen LogP contribution in [0.5, 0.6) is 0 Å². The van der Waals surface area contributed by atoms with Crippen molar-refractivity contribution in [3.63, 3.8) is 0 Å². The molecule has 0 aliphatic carbocycles. The Kier molecular flexibility index (Phi) is 11.8. The molecule has 11 heteroatoms. The highest BCUT2D eigenvalue weighted by Crippen LogP contribution is 2.02. The lowest BCUT2D eigenvalue weighted by molar-refractivity contribution is -0.138. The molecular weight excluding hydrogens is 364 g/mol. The quantitative estimate of drug-likeness (QED) is 0.270. The summed E-state index contributed by atoms with van der Waals surface area (Å²) >= 11 is 1.53. The molecule has 0 saturated heterocycles. The first kappa shape index (κ1) is 23.7. The second-order valence-corrected chi connectivity index (χ2v) is 6.36. The van der Waals surface area contributed by atoms with E-state index in [1.54, 1.807) is 6.92 Å². The Morgan fingerprint density at radius 3 is 2.15 bits per heavy atom. The number of rotatable bonds is 12. The topological polar surface area (TPSA) is 154 Å². The van der Waals surface area contributed by atoms with Crippen molar-refractivity contribution < 1.29 is 29.1 Å². The maximum Gasteiger partial charge on any atom is 0.322 e. The molecule has 2 atom stereocenters. The second-order valence-electron chi connectivity index (χ2n) is 5.37. The molecule has 0 heterocycles. The van der Waals surface area contributed by atoms with Gasteiger partial charge in [-0.05, 0) is 25.4 Å². The molecule has 4 amide bonds. The zero-order chi connectivity index (χ0) is 20.1. The SMILES string of the molecule is CCC(=O)N[C@@H](CCSC)C(=O)N[C@@H](C)C(=O)NCC(=O)NCC(=O)O. The number of thioether (sulfide) groups is 1. The van der Waals surface area contributed by atoms with Gasteiger partial charge in [0.25, 0.3) is 0 Å². The summed E-state index contributed by atoms with van der Waals surface area (Å²) in [4.78, 5) is 57.4. The molecule has 0 radical (unpaired) electrons. The van der Waals surface area contributed by atoms with E-state index in [1.165, 1.54) is 18.7 Å². The summed E-state index contributed by atoms with van der Waals surface area (Å²) in [5, 5.41) is 17.9. The van der Waals surface area contributed by atoms with Crippen molar-refractivity contribution >= 4 is 41.4 Å². The summed E-state index contributed by atoms with van der Waals surface area (Å²) in [6.45, 7) is 2.16. The summed E-state index contributed by atoms with van der Waals surface area (Å²) < 4.78 is 0. The van der Waals surface area contributed by atoms with Crippen molar-refractivity contribution in [2.75, 3.05) is 25.1 Å². The lowest BCUT2D eigenvalue weighted by Gasteiger charge is -2.20. The number of amides is 4. The monoisotopic (exact) mass is 390 g/mol. The average Bonchev–Trinajstić information content (AvgIpc) is 2.60. The number of carboxylic acid groups (broad SMARTS) is 1. The van der Waals surface area contributed by atoms with E-state index in [0.29, 0.717) is 12.2 Å². The molecule has 0 saturated carbocycles. The van der Waals surface area contributed by atoms with Crippen LogP contribution in [0.1, 0.15) is 26.7 Å². The van der Waals surface area contributed by atoms with Gasteiger partial charge in [0.15, 0.2) is 0 Å². The highest BCUT2D eigenvalue weighted by atomic mass is 32.2. The first-order valence-corrected chi connectivity index (χ1v) is 9.45. The standard InChI is InChI=1S/C15H26N4O6S/c1-4-11(20)19-10(5-6-26-3)15(25)18-9(2)14(24)17-7-12(21)16-8-13(22)23/h9-10H,4-8H2,1-3H3,(H,16,21)(H,17,24)(H,18,25)(H,19,20)(H,22,23)/t9-,10-/m0/s1. The van der Waals surface area contributed by atoms with Gasteiger partial charge in [0.2, 0.25) is 23.6 Å². The van der Waals surface area contributed by atoms with Crippen molar-refractivity contribution in [1.82, 2.24) is 21.3 Å². The van der Waals surface area contributed by atoms with Gasteiger partial charge >= 0.3 is 5.97 Å². The predicted octanol–water partition coefficient (Wildman–Crippen LogP) is -1.54. The minimum atomic E-state index is -1.20. The number of carbonyl (C=O) groups excluding carboxylic acids is 4. The van der Waals surface area contributed by atoms with Crippen LogP contribution in [-0.4, -0.2) is 71.9 Å². The number of hydrogen-bond donors (Lipinski definition) is 5. The van der Waals surface area contributed by atoms with Gasteiger partial charge in [-0.2, -0.15) is 11.8 Å². The zero-order valence-corrected chi connectivity index (χ0v) is 15.9. The second kappa shape index (κ2) is 13.0. The Morgan fingerprint density at radius 2 is 1.62 bits per heavy atom. The van der Waals surface area contributed by atoms with Crippen LogP contribution in [0.25, 0.3) is 0 Å². The summed E-state index contributed by atoms with van der Waals surface area (Å²) in [7, 11) is 0. The Bertz CT molecular complexity index is 528. The minimum absolute atomic E-state index is 0.241. The molecule has 0 rings (SSSR count). The fraction of sp³-hybridized carbons (Fsp3) is 0.667. The lowest BCUT2D eigenvalue weighted by atomic mass is 10.2. The lowest BCUT2D eigenvalue weighted by Crippen LogP contribution is -2.53. The van der Waals surface area contributed by atoms with Crippen molar-refractivity contribution in [2.45, 2.75) is 38.8 Å². The maximum atomic E-state index is 12.3. The van der Waals surface area contributed by atoms with Crippen LogP contribution in [0.15, 0.2) is 0 Å². The Hall–Kier alpha value is -2.30. The normalized spacial score (nSPS) is 12.4. The Balaban J connectivity index is 4.49. The molecule has 0 bridgehead atoms. The fourth-order valence-electron chi connectivity index (χ4n) is 1.74. The van der Waals surface area contributed by atoms with Crippen LogP contribution in [-0.2, 0) is 24.0 Å². The molecular formula is C15H26N4O6S. The van der Waals surface area contributed by atoms with E-state index in [0.717, 1.165) is 0 Å². The third kappa shape index (κ3) is 10.5. The largest absolute Gasteiger partial charge is 0.480 e. The molecule has 0 fully saturated rings. The zero-order valence-electron chi connectivity index (χ0n) is 15.1. The van der Waals surface area contributed by atoms with Crippen LogP contribution >= 0.6 is 11.8 Å². The van der Waals surface area contributed by atoms with Crippen molar-refractivity contribution in [1.29, 1.82) is 0 Å². The van der Waals surface area contributed by atoms with E-state index in [2.05, 4.69) is 21.3 Å². The molecule has 26 heavy (non-hydrogen) atoms. The Morgan fingerprint density at radius 1 is 0.962 bits per heavy atom. The van der Waals surface area contributed by atoms with E-state index in [4.69, 9.17) is 5.11 Å². The van der Waals surface area contributed by atoms with Crippen LogP contribution < -0.4 is 21.3 Å². The van der Waals surface area contributed by atoms with E-state index in [1.807, 2.05) is 6.26 Å². The maximum absolute atomic E-state index is 12.3. The van der Waals surface area contributed by atoms with E-state index in [9.17, 15) is 24.0 Å². The first-order valence-electron chi connectivity index (χ1n) is 8.06. The first-order chi connectivity index (χ1) is 12.2. The average molecular weight is 390 g/mol. The molecule has 148 valence electrons. The van der Waals surface area contributed by atoms with Gasteiger partial charge in [-0.25, -0.2) is 0 Å². The van der Waals surface area contributed by atoms with E-state index >= 15 is 0 Å². The van der Waals surface area contributed by atoms with Crippen LogP contribution in [0, 0.1) is 0 Å². The van der Waals surface area contributed by atoms with Gasteiger partial charge in [0.1, 0.15) is 18.6 Å². The summed E-state index contributed by atoms with van der Waals surface area (Å²) in [6, 6.07) is -1.67. The van der Waals surface area contributed by atoms with E-state index in [-0.39, 0.29) is 12.3 Å². The van der Waals surface area contributed by atoms with Crippen molar-refractivity contribution in [3.8, 4) is 0 Å². The van der Waals surface area contributed by atoms with Crippen molar-refractivity contribution in [3.05, 3.63) is 0 Å². The fourth-order valence-corrected chi connectivity index (χ4v) is 2.21. The number of aliphatic carboxylic acids is 1. The molecule has 5 N–H and O–H groups in total. The molecule has 0 spiro atoms. The highest BCUT2D eigenvalue weighted by molar-refractivity contribution is 7.98. The van der Waals surface area contributed by atoms with Crippen LogP contribution in [0.2, 0.25) is 0 Å². The van der Waals surface area contributed by atoms with Gasteiger partial charge in [-0.1, -0.05) is 6.92 Å². The van der Waals surface area contributed by atoms with Crippen molar-refractivity contribution in [2.24, 2.45) is 0 Å². The van der Waals surface area contributed by atoms with Crippen LogP contribution in [0.3, 0.4) is 0 Å². The van der Waals surface area contributed by atoms with Gasteiger partial charge < -0.3 is 26.4 Å². The van der Waals surface area contributed by atoms with Crippen LogP contribution in [0.4, 0.5) is 0 Å². The summed E-state index contributed by atoms with van der Waals surface area (Å²) in [5.74, 6) is -2.55. The number of nitrogens with one attached hydrogen (secondary N) is 4. The Labute approximate surface area is 156 Å². The third-order valence-corrected chi connectivity index (χ3v) is 3.84. The molecule has 10 nitrogen and oxygen atoms in total. The van der Waals surface area contributed by atoms with Gasteiger partial charge in [-0.3, -0.25) is 24.0 Å². The number of carbonyl (C=O) groups is 5. The highest BCUT2D eigenvalue weighted by Gasteiger charge is 2.23. The summed E-state index contributed by atoms with van der Waals surface area (Å²) in [6.07, 6.45) is 2.54. The molecule has 0 unspecified atom stereocenters. The molecule has 0 aliphatic heterocycles. The van der Waals surface area contributed by atoms with Gasteiger partial charge in [-0.15, -0.1) is 0 Å². The molecule has 0 aliphatic rings. The summed E-state index contributed by atoms with van der Waals surface area (Å²) in [5.41, 5.74) is 0. The molecule has 0 aromatic rings. The van der Waals surface area contributed by atoms with Gasteiger partial charge in [0, 0.05) is 6.42 Å². The molecule has 0 aromatic heterocycles. The molecule has 0 aromatic carbocycles.